The number of hydrogen-bond donors (Lipinski definition) is 0. The van der Waals surface area contributed by atoms with Crippen LogP contribution in [-0.2, 0) is 19.0 Å². The van der Waals surface area contributed by atoms with Gasteiger partial charge in [0.05, 0.1) is 31.8 Å². The molecule has 19 heavy (non-hydrogen) atoms. The van der Waals surface area contributed by atoms with Crippen LogP contribution in [0.1, 0.15) is 48.0 Å². The molecule has 3 atom stereocenters. The molecule has 0 radical (unpaired) electrons. The number of carbonyl (C=O) groups excluding carboxylic acids is 1. The van der Waals surface area contributed by atoms with Gasteiger partial charge in [0.2, 0.25) is 0 Å². The van der Waals surface area contributed by atoms with Gasteiger partial charge in [-0.2, -0.15) is 0 Å². The summed E-state index contributed by atoms with van der Waals surface area (Å²) >= 11 is 0. The lowest BCUT2D eigenvalue weighted by Crippen LogP contribution is -2.25. The number of ether oxygens (including phenoxy) is 3. The van der Waals surface area contributed by atoms with E-state index in [-0.39, 0.29) is 24.1 Å². The first-order chi connectivity index (χ1) is 8.88. The van der Waals surface area contributed by atoms with Crippen molar-refractivity contribution in [2.24, 2.45) is 11.8 Å². The monoisotopic (exact) mass is 274 g/mol. The fourth-order valence-electron chi connectivity index (χ4n) is 1.25. The molecule has 0 heterocycles. The largest absolute Gasteiger partial charge is 0.460 e. The Balaban J connectivity index is 3.59. The van der Waals surface area contributed by atoms with Crippen molar-refractivity contribution < 1.29 is 19.0 Å². The third kappa shape index (κ3) is 9.00. The van der Waals surface area contributed by atoms with Gasteiger partial charge in [0.1, 0.15) is 6.10 Å². The van der Waals surface area contributed by atoms with E-state index in [0.29, 0.717) is 25.7 Å². The Bertz CT molecular complexity index is 240. The SMILES string of the molecule is CCC(C)C(=O)OC(C)COCCOC(C)C(C)C. The molecule has 0 amide bonds. The lowest BCUT2D eigenvalue weighted by molar-refractivity contribution is -0.155. The number of esters is 1. The first kappa shape index (κ1) is 18.4. The van der Waals surface area contributed by atoms with Crippen LogP contribution in [-0.4, -0.2) is 38.0 Å². The average Bonchev–Trinajstić information content (AvgIpc) is 2.36. The van der Waals surface area contributed by atoms with E-state index in [0.717, 1.165) is 6.42 Å². The van der Waals surface area contributed by atoms with Gasteiger partial charge in [0.25, 0.3) is 0 Å². The highest BCUT2D eigenvalue weighted by molar-refractivity contribution is 5.72. The highest BCUT2D eigenvalue weighted by Gasteiger charge is 2.15. The first-order valence-electron chi connectivity index (χ1n) is 7.28. The zero-order chi connectivity index (χ0) is 14.8. The van der Waals surface area contributed by atoms with E-state index < -0.39 is 0 Å². The van der Waals surface area contributed by atoms with Crippen LogP contribution in [0.3, 0.4) is 0 Å². The second-order valence-corrected chi connectivity index (χ2v) is 5.45. The van der Waals surface area contributed by atoms with Gasteiger partial charge in [-0.15, -0.1) is 0 Å². The topological polar surface area (TPSA) is 44.8 Å². The third-order valence-electron chi connectivity index (χ3n) is 3.23. The second-order valence-electron chi connectivity index (χ2n) is 5.45. The van der Waals surface area contributed by atoms with E-state index in [2.05, 4.69) is 20.8 Å². The van der Waals surface area contributed by atoms with Crippen LogP contribution in [0.2, 0.25) is 0 Å². The molecule has 4 heteroatoms. The Morgan fingerprint density at radius 1 is 1.05 bits per heavy atom. The van der Waals surface area contributed by atoms with Crippen LogP contribution in [0, 0.1) is 11.8 Å². The maximum atomic E-state index is 11.5. The second kappa shape index (κ2) is 10.2. The van der Waals surface area contributed by atoms with E-state index in [9.17, 15) is 4.79 Å². The van der Waals surface area contributed by atoms with Crippen molar-refractivity contribution in [1.29, 1.82) is 0 Å². The maximum Gasteiger partial charge on any atom is 0.308 e. The summed E-state index contributed by atoms with van der Waals surface area (Å²) in [5.41, 5.74) is 0. The summed E-state index contributed by atoms with van der Waals surface area (Å²) in [5, 5.41) is 0. The molecular formula is C15H30O4. The highest BCUT2D eigenvalue weighted by atomic mass is 16.6. The zero-order valence-electron chi connectivity index (χ0n) is 13.3. The van der Waals surface area contributed by atoms with Crippen molar-refractivity contribution in [1.82, 2.24) is 0 Å². The van der Waals surface area contributed by atoms with E-state index in [1.165, 1.54) is 0 Å². The normalized spacial score (nSPS) is 16.2. The van der Waals surface area contributed by atoms with Crippen molar-refractivity contribution in [2.45, 2.75) is 60.2 Å². The van der Waals surface area contributed by atoms with Crippen LogP contribution in [0.25, 0.3) is 0 Å². The Morgan fingerprint density at radius 3 is 2.21 bits per heavy atom. The molecule has 3 unspecified atom stereocenters. The van der Waals surface area contributed by atoms with Gasteiger partial charge in [0.15, 0.2) is 0 Å². The molecule has 0 saturated heterocycles. The highest BCUT2D eigenvalue weighted by Crippen LogP contribution is 2.06. The van der Waals surface area contributed by atoms with Gasteiger partial charge in [0, 0.05) is 0 Å². The molecule has 0 aliphatic rings. The summed E-state index contributed by atoms with van der Waals surface area (Å²) in [5.74, 6) is 0.316. The molecule has 0 aromatic rings. The van der Waals surface area contributed by atoms with Crippen LogP contribution in [0.5, 0.6) is 0 Å². The van der Waals surface area contributed by atoms with Crippen molar-refractivity contribution >= 4 is 5.97 Å². The molecule has 0 fully saturated rings. The molecule has 0 aliphatic heterocycles. The smallest absolute Gasteiger partial charge is 0.308 e. The van der Waals surface area contributed by atoms with Crippen LogP contribution >= 0.6 is 0 Å². The summed E-state index contributed by atoms with van der Waals surface area (Å²) in [6, 6.07) is 0. The van der Waals surface area contributed by atoms with Crippen molar-refractivity contribution in [3.05, 3.63) is 0 Å². The standard InChI is InChI=1S/C15H30O4/c1-7-12(4)15(16)19-13(5)10-17-8-9-18-14(6)11(2)3/h11-14H,7-10H2,1-6H3. The maximum absolute atomic E-state index is 11.5. The Morgan fingerprint density at radius 2 is 1.68 bits per heavy atom. The molecule has 0 saturated carbocycles. The molecule has 4 nitrogen and oxygen atoms in total. The molecule has 0 aromatic carbocycles. The Labute approximate surface area is 117 Å². The molecule has 0 spiro atoms. The predicted octanol–water partition coefficient (Wildman–Crippen LogP) is 3.04. The lowest BCUT2D eigenvalue weighted by Gasteiger charge is -2.18. The van der Waals surface area contributed by atoms with Gasteiger partial charge in [-0.3, -0.25) is 4.79 Å². The van der Waals surface area contributed by atoms with Gasteiger partial charge < -0.3 is 14.2 Å². The minimum absolute atomic E-state index is 0.0438. The summed E-state index contributed by atoms with van der Waals surface area (Å²) in [4.78, 5) is 11.5. The number of rotatable bonds is 10. The van der Waals surface area contributed by atoms with Crippen molar-refractivity contribution in [3.8, 4) is 0 Å². The fourth-order valence-corrected chi connectivity index (χ4v) is 1.25. The molecule has 114 valence electrons. The molecule has 0 rings (SSSR count). The van der Waals surface area contributed by atoms with Gasteiger partial charge in [-0.05, 0) is 26.2 Å². The predicted molar refractivity (Wildman–Crippen MR) is 76.1 cm³/mol. The summed E-state index contributed by atoms with van der Waals surface area (Å²) in [6.45, 7) is 13.5. The molecule has 0 aromatic heterocycles. The summed E-state index contributed by atoms with van der Waals surface area (Å²) < 4.78 is 16.3. The van der Waals surface area contributed by atoms with Crippen LogP contribution in [0.4, 0.5) is 0 Å². The van der Waals surface area contributed by atoms with Crippen molar-refractivity contribution in [2.75, 3.05) is 19.8 Å². The first-order valence-corrected chi connectivity index (χ1v) is 7.28. The van der Waals surface area contributed by atoms with Crippen LogP contribution < -0.4 is 0 Å². The van der Waals surface area contributed by atoms with Gasteiger partial charge in [-0.1, -0.05) is 27.7 Å². The van der Waals surface area contributed by atoms with E-state index in [1.807, 2.05) is 20.8 Å². The molecular weight excluding hydrogens is 244 g/mol. The minimum atomic E-state index is -0.205. The number of carbonyl (C=O) groups is 1. The van der Waals surface area contributed by atoms with Crippen LogP contribution in [0.15, 0.2) is 0 Å². The van der Waals surface area contributed by atoms with E-state index >= 15 is 0 Å². The lowest BCUT2D eigenvalue weighted by atomic mass is 10.1. The Hall–Kier alpha value is -0.610. The zero-order valence-corrected chi connectivity index (χ0v) is 13.3. The van der Waals surface area contributed by atoms with E-state index in [4.69, 9.17) is 14.2 Å². The van der Waals surface area contributed by atoms with Crippen molar-refractivity contribution in [3.63, 3.8) is 0 Å². The molecule has 0 N–H and O–H groups in total. The van der Waals surface area contributed by atoms with Gasteiger partial charge in [-0.25, -0.2) is 0 Å². The fraction of sp³-hybridized carbons (Fsp3) is 0.933. The summed E-state index contributed by atoms with van der Waals surface area (Å²) in [6.07, 6.45) is 0.834. The molecule has 0 bridgehead atoms. The minimum Gasteiger partial charge on any atom is -0.460 e. The average molecular weight is 274 g/mol. The van der Waals surface area contributed by atoms with Gasteiger partial charge >= 0.3 is 5.97 Å². The number of hydrogen-bond acceptors (Lipinski definition) is 4. The Kier molecular flexibility index (Phi) is 9.88. The molecule has 0 aliphatic carbocycles. The third-order valence-corrected chi connectivity index (χ3v) is 3.23. The van der Waals surface area contributed by atoms with E-state index in [1.54, 1.807) is 0 Å². The quantitative estimate of drug-likeness (QED) is 0.454. The summed E-state index contributed by atoms with van der Waals surface area (Å²) in [7, 11) is 0.